The lowest BCUT2D eigenvalue weighted by atomic mass is 10.1. The molecule has 1 aliphatic heterocycles. The van der Waals surface area contributed by atoms with Crippen molar-refractivity contribution in [1.82, 2.24) is 5.32 Å². The molecule has 0 aromatic heterocycles. The van der Waals surface area contributed by atoms with E-state index in [9.17, 15) is 31.1 Å². The minimum atomic E-state index is -4.94. The van der Waals surface area contributed by atoms with Crippen molar-refractivity contribution < 1.29 is 31.1 Å². The molecule has 0 atom stereocenters. The van der Waals surface area contributed by atoms with Gasteiger partial charge in [0.05, 0.1) is 16.8 Å². The van der Waals surface area contributed by atoms with E-state index in [4.69, 9.17) is 0 Å². The number of nitrogens with zero attached hydrogens (tertiary/aromatic N) is 1. The van der Waals surface area contributed by atoms with Crippen LogP contribution < -0.4 is 10.7 Å². The summed E-state index contributed by atoms with van der Waals surface area (Å²) in [7, 11) is 0. The number of hydrogen-bond acceptors (Lipinski definition) is 3. The first-order chi connectivity index (χ1) is 10.6. The number of benzene rings is 1. The minimum absolute atomic E-state index is 0.0159. The molecule has 0 unspecified atom stereocenters. The molecule has 4 nitrogen and oxygen atoms in total. The van der Waals surface area contributed by atoms with Gasteiger partial charge in [0.1, 0.15) is 5.71 Å². The Morgan fingerprint density at radius 3 is 2.04 bits per heavy atom. The molecule has 1 saturated heterocycles. The Bertz CT molecular complexity index is 603. The third-order valence-electron chi connectivity index (χ3n) is 3.05. The van der Waals surface area contributed by atoms with Gasteiger partial charge < -0.3 is 5.32 Å². The van der Waals surface area contributed by atoms with Gasteiger partial charge in [-0.25, -0.2) is 0 Å². The van der Waals surface area contributed by atoms with Crippen LogP contribution >= 0.6 is 0 Å². The zero-order valence-electron chi connectivity index (χ0n) is 11.5. The monoisotopic (exact) mass is 339 g/mol. The first-order valence-electron chi connectivity index (χ1n) is 6.47. The number of alkyl halides is 6. The second kappa shape index (κ2) is 6.09. The van der Waals surface area contributed by atoms with E-state index >= 15 is 0 Å². The molecular weight excluding hydrogens is 328 g/mol. The van der Waals surface area contributed by atoms with Crippen LogP contribution in [0.5, 0.6) is 0 Å². The molecular formula is C13H11F6N3O. The van der Waals surface area contributed by atoms with Gasteiger partial charge in [-0.05, 0) is 31.0 Å². The van der Waals surface area contributed by atoms with Gasteiger partial charge in [0.2, 0.25) is 0 Å². The van der Waals surface area contributed by atoms with Gasteiger partial charge in [0, 0.05) is 6.54 Å². The van der Waals surface area contributed by atoms with Crippen LogP contribution in [-0.4, -0.2) is 18.2 Å². The van der Waals surface area contributed by atoms with Crippen molar-refractivity contribution in [2.45, 2.75) is 25.2 Å². The summed E-state index contributed by atoms with van der Waals surface area (Å²) in [6, 6.07) is 1.02. The van der Waals surface area contributed by atoms with Crippen molar-refractivity contribution in [3.63, 3.8) is 0 Å². The lowest BCUT2D eigenvalue weighted by Crippen LogP contribution is -2.37. The number of piperidine rings is 1. The summed E-state index contributed by atoms with van der Waals surface area (Å²) in [5.74, 6) is -0.508. The zero-order valence-corrected chi connectivity index (χ0v) is 11.5. The van der Waals surface area contributed by atoms with Crippen LogP contribution in [0.4, 0.5) is 32.0 Å². The molecule has 0 saturated carbocycles. The molecule has 0 radical (unpaired) electrons. The molecule has 1 heterocycles. The number of anilines is 1. The molecule has 2 rings (SSSR count). The SMILES string of the molecule is O=C1NCCC/C1=N/Nc1cc(C(F)(F)F)cc(C(F)(F)F)c1. The van der Waals surface area contributed by atoms with E-state index in [1.54, 1.807) is 0 Å². The van der Waals surface area contributed by atoms with E-state index in [0.29, 0.717) is 25.1 Å². The second-order valence-electron chi connectivity index (χ2n) is 4.82. The second-order valence-corrected chi connectivity index (χ2v) is 4.82. The van der Waals surface area contributed by atoms with E-state index in [0.717, 1.165) is 0 Å². The van der Waals surface area contributed by atoms with Gasteiger partial charge in [0.15, 0.2) is 0 Å². The van der Waals surface area contributed by atoms with Gasteiger partial charge in [-0.15, -0.1) is 0 Å². The maximum Gasteiger partial charge on any atom is 0.416 e. The molecule has 0 bridgehead atoms. The predicted molar refractivity (Wildman–Crippen MR) is 69.7 cm³/mol. The summed E-state index contributed by atoms with van der Waals surface area (Å²) in [6.45, 7) is 0.444. The molecule has 1 aromatic rings. The Morgan fingerprint density at radius 2 is 1.57 bits per heavy atom. The molecule has 1 aliphatic rings. The molecule has 1 aromatic carbocycles. The van der Waals surface area contributed by atoms with E-state index in [-0.39, 0.29) is 18.2 Å². The van der Waals surface area contributed by atoms with Crippen LogP contribution in [0.25, 0.3) is 0 Å². The minimum Gasteiger partial charge on any atom is -0.351 e. The van der Waals surface area contributed by atoms with E-state index in [1.165, 1.54) is 0 Å². The molecule has 1 fully saturated rings. The standard InChI is InChI=1S/C13H11F6N3O/c14-12(15,16)7-4-8(13(17,18)19)6-9(5-7)21-22-10-2-1-3-20-11(10)23/h4-6,21H,1-3H2,(H,20,23)/b22-10-. The summed E-state index contributed by atoms with van der Waals surface area (Å²) in [6.07, 6.45) is -9.01. The van der Waals surface area contributed by atoms with Gasteiger partial charge in [-0.2, -0.15) is 31.4 Å². The van der Waals surface area contributed by atoms with Crippen LogP contribution in [0.1, 0.15) is 24.0 Å². The number of hydrazone groups is 1. The lowest BCUT2D eigenvalue weighted by molar-refractivity contribution is -0.143. The number of rotatable bonds is 2. The molecule has 0 spiro atoms. The smallest absolute Gasteiger partial charge is 0.351 e. The van der Waals surface area contributed by atoms with Crippen LogP contribution in [0.2, 0.25) is 0 Å². The number of carbonyl (C=O) groups excluding carboxylic acids is 1. The van der Waals surface area contributed by atoms with Crippen molar-refractivity contribution in [2.24, 2.45) is 5.10 Å². The highest BCUT2D eigenvalue weighted by Gasteiger charge is 2.37. The van der Waals surface area contributed by atoms with Crippen LogP contribution in [-0.2, 0) is 17.1 Å². The fraction of sp³-hybridized carbons (Fsp3) is 0.385. The highest BCUT2D eigenvalue weighted by molar-refractivity contribution is 6.39. The lowest BCUT2D eigenvalue weighted by Gasteiger charge is -2.15. The average molecular weight is 339 g/mol. The topological polar surface area (TPSA) is 53.5 Å². The number of hydrogen-bond donors (Lipinski definition) is 2. The Labute approximate surface area is 126 Å². The van der Waals surface area contributed by atoms with E-state index in [2.05, 4.69) is 15.8 Å². The van der Waals surface area contributed by atoms with E-state index in [1.807, 2.05) is 0 Å². The number of amides is 1. The Hall–Kier alpha value is -2.26. The maximum absolute atomic E-state index is 12.7. The van der Waals surface area contributed by atoms with E-state index < -0.39 is 35.1 Å². The molecule has 126 valence electrons. The number of halogens is 6. The highest BCUT2D eigenvalue weighted by atomic mass is 19.4. The Kier molecular flexibility index (Phi) is 4.53. The van der Waals surface area contributed by atoms with Gasteiger partial charge in [-0.1, -0.05) is 0 Å². The van der Waals surface area contributed by atoms with Crippen molar-refractivity contribution in [2.75, 3.05) is 12.0 Å². The highest BCUT2D eigenvalue weighted by Crippen LogP contribution is 2.37. The fourth-order valence-corrected chi connectivity index (χ4v) is 1.93. The third-order valence-corrected chi connectivity index (χ3v) is 3.05. The maximum atomic E-state index is 12.7. The quantitative estimate of drug-likeness (QED) is 0.641. The first-order valence-corrected chi connectivity index (χ1v) is 6.47. The summed E-state index contributed by atoms with van der Waals surface area (Å²) in [5.41, 5.74) is -1.30. The van der Waals surface area contributed by atoms with Gasteiger partial charge >= 0.3 is 12.4 Å². The largest absolute Gasteiger partial charge is 0.416 e. The van der Waals surface area contributed by atoms with Crippen molar-refractivity contribution in [1.29, 1.82) is 0 Å². The Balaban J connectivity index is 2.34. The predicted octanol–water partition coefficient (Wildman–Crippen LogP) is 3.40. The number of carbonyl (C=O) groups is 1. The van der Waals surface area contributed by atoms with Gasteiger partial charge in [-0.3, -0.25) is 10.2 Å². The van der Waals surface area contributed by atoms with Gasteiger partial charge in [0.25, 0.3) is 5.91 Å². The molecule has 2 N–H and O–H groups in total. The Morgan fingerprint density at radius 1 is 1.00 bits per heavy atom. The van der Waals surface area contributed by atoms with Crippen LogP contribution in [0.3, 0.4) is 0 Å². The van der Waals surface area contributed by atoms with Crippen molar-refractivity contribution in [3.05, 3.63) is 29.3 Å². The van der Waals surface area contributed by atoms with Crippen LogP contribution in [0, 0.1) is 0 Å². The average Bonchev–Trinajstić information content (AvgIpc) is 2.44. The summed E-state index contributed by atoms with van der Waals surface area (Å²) >= 11 is 0. The molecule has 10 heteroatoms. The summed E-state index contributed by atoms with van der Waals surface area (Å²) in [4.78, 5) is 11.4. The molecule has 1 amide bonds. The fourth-order valence-electron chi connectivity index (χ4n) is 1.93. The molecule has 0 aliphatic carbocycles. The number of nitrogens with one attached hydrogen (secondary N) is 2. The third kappa shape index (κ3) is 4.36. The zero-order chi connectivity index (χ0) is 17.3. The molecule has 23 heavy (non-hydrogen) atoms. The van der Waals surface area contributed by atoms with Crippen molar-refractivity contribution >= 4 is 17.3 Å². The first kappa shape index (κ1) is 17.1. The summed E-state index contributed by atoms with van der Waals surface area (Å²) < 4.78 is 76.2. The normalized spacial score (nSPS) is 18.0. The van der Waals surface area contributed by atoms with Crippen LogP contribution in [0.15, 0.2) is 23.3 Å². The van der Waals surface area contributed by atoms with Crippen molar-refractivity contribution in [3.8, 4) is 0 Å². The summed E-state index contributed by atoms with van der Waals surface area (Å²) in [5, 5.41) is 6.07.